The number of fused-ring (bicyclic) bond motifs is 2. The van der Waals surface area contributed by atoms with Gasteiger partial charge >= 0.3 is 0 Å². The Bertz CT molecular complexity index is 1060. The Hall–Kier alpha value is -2.06. The van der Waals surface area contributed by atoms with Crippen molar-refractivity contribution in [2.24, 2.45) is 11.8 Å². The summed E-state index contributed by atoms with van der Waals surface area (Å²) in [6, 6.07) is 21.6. The van der Waals surface area contributed by atoms with Gasteiger partial charge in [0.05, 0.1) is 30.3 Å². The molecule has 0 N–H and O–H groups in total. The predicted molar refractivity (Wildman–Crippen MR) is 153 cm³/mol. The molecule has 2 heterocycles. The van der Waals surface area contributed by atoms with Crippen LogP contribution in [0.25, 0.3) is 0 Å². The highest BCUT2D eigenvalue weighted by atomic mass is 28.4. The summed E-state index contributed by atoms with van der Waals surface area (Å²) in [6.07, 6.45) is 9.67. The number of allylic oxidation sites excluding steroid dienone is 2. The third-order valence-corrected chi connectivity index (χ3v) is 13.5. The van der Waals surface area contributed by atoms with Crippen LogP contribution in [0.2, 0.25) is 5.04 Å². The SMILES string of the molecule is CO[C@H]1O[C@H](CCO[Si](c2ccccc2)(c2ccccc2)C(C)(C)C)C[C@@H]2OC3C=CC=CC3[C@@H](OC)[C@@H]12. The number of hydrogen-bond acceptors (Lipinski definition) is 5. The maximum atomic E-state index is 7.13. The molecule has 6 heteroatoms. The van der Waals surface area contributed by atoms with E-state index in [1.165, 1.54) is 10.4 Å². The molecule has 2 unspecified atom stereocenters. The number of hydrogen-bond donors (Lipinski definition) is 0. The molecule has 5 rings (SSSR count). The van der Waals surface area contributed by atoms with Gasteiger partial charge in [-0.2, -0.15) is 0 Å². The Kier molecular flexibility index (Phi) is 8.38. The Morgan fingerprint density at radius 2 is 1.47 bits per heavy atom. The summed E-state index contributed by atoms with van der Waals surface area (Å²) >= 11 is 0. The Morgan fingerprint density at radius 3 is 2.05 bits per heavy atom. The fraction of sp³-hybridized carbons (Fsp3) is 0.500. The molecule has 2 fully saturated rings. The van der Waals surface area contributed by atoms with Gasteiger partial charge in [-0.25, -0.2) is 0 Å². The van der Waals surface area contributed by atoms with Crippen molar-refractivity contribution in [2.45, 2.75) is 69.4 Å². The fourth-order valence-electron chi connectivity index (χ4n) is 6.75. The molecule has 5 nitrogen and oxygen atoms in total. The van der Waals surface area contributed by atoms with Crippen LogP contribution in [0.15, 0.2) is 85.0 Å². The zero-order chi connectivity index (χ0) is 26.8. The quantitative estimate of drug-likeness (QED) is 0.453. The van der Waals surface area contributed by atoms with Gasteiger partial charge in [-0.05, 0) is 21.8 Å². The van der Waals surface area contributed by atoms with E-state index in [0.29, 0.717) is 6.61 Å². The average molecular weight is 535 g/mol. The van der Waals surface area contributed by atoms with E-state index >= 15 is 0 Å². The molecule has 2 aromatic carbocycles. The highest BCUT2D eigenvalue weighted by molar-refractivity contribution is 6.99. The minimum atomic E-state index is -2.59. The number of rotatable bonds is 8. The van der Waals surface area contributed by atoms with Crippen LogP contribution in [-0.2, 0) is 23.4 Å². The first-order chi connectivity index (χ1) is 18.4. The first-order valence-electron chi connectivity index (χ1n) is 13.9. The first-order valence-corrected chi connectivity index (χ1v) is 15.8. The van der Waals surface area contributed by atoms with Crippen LogP contribution >= 0.6 is 0 Å². The molecule has 38 heavy (non-hydrogen) atoms. The van der Waals surface area contributed by atoms with E-state index < -0.39 is 8.32 Å². The molecule has 0 amide bonds. The molecule has 204 valence electrons. The highest BCUT2D eigenvalue weighted by Gasteiger charge is 2.53. The molecule has 7 atom stereocenters. The summed E-state index contributed by atoms with van der Waals surface area (Å²) < 4.78 is 32.2. The third-order valence-electron chi connectivity index (χ3n) is 8.46. The molecular weight excluding hydrogens is 492 g/mol. The summed E-state index contributed by atoms with van der Waals surface area (Å²) in [6.45, 7) is 7.54. The van der Waals surface area contributed by atoms with Crippen molar-refractivity contribution >= 4 is 18.7 Å². The van der Waals surface area contributed by atoms with Gasteiger partial charge in [0.2, 0.25) is 0 Å². The van der Waals surface area contributed by atoms with Crippen LogP contribution < -0.4 is 10.4 Å². The standard InChI is InChI=1S/C32H42O5Si/c1-32(2,3)38(24-14-8-6-9-15-24,25-16-10-7-11-17-25)35-21-20-23-22-28-29(31(34-5)36-23)30(33-4)26-18-12-13-19-27(26)37-28/h6-19,23,26-31H,20-22H2,1-5H3/t23-,26?,27?,28+,29+,30-,31+/m1/s1. The topological polar surface area (TPSA) is 46.2 Å². The number of benzene rings is 2. The van der Waals surface area contributed by atoms with Gasteiger partial charge in [-0.3, -0.25) is 0 Å². The van der Waals surface area contributed by atoms with Crippen molar-refractivity contribution in [3.8, 4) is 0 Å². The number of ether oxygens (including phenoxy) is 4. The molecule has 2 saturated heterocycles. The van der Waals surface area contributed by atoms with Gasteiger partial charge in [0.1, 0.15) is 0 Å². The molecule has 0 saturated carbocycles. The second-order valence-corrected chi connectivity index (χ2v) is 16.0. The zero-order valence-electron chi connectivity index (χ0n) is 23.3. The third kappa shape index (κ3) is 5.10. The molecule has 0 spiro atoms. The summed E-state index contributed by atoms with van der Waals surface area (Å²) in [5.74, 6) is 0.193. The minimum Gasteiger partial charge on any atom is -0.407 e. The van der Waals surface area contributed by atoms with Gasteiger partial charge in [0.25, 0.3) is 8.32 Å². The monoisotopic (exact) mass is 534 g/mol. The lowest BCUT2D eigenvalue weighted by Crippen LogP contribution is -2.66. The van der Waals surface area contributed by atoms with Crippen LogP contribution in [0.5, 0.6) is 0 Å². The predicted octanol–water partition coefficient (Wildman–Crippen LogP) is 4.86. The molecule has 0 radical (unpaired) electrons. The van der Waals surface area contributed by atoms with Crippen molar-refractivity contribution in [1.29, 1.82) is 0 Å². The van der Waals surface area contributed by atoms with Crippen LogP contribution in [-0.4, -0.2) is 59.8 Å². The zero-order valence-corrected chi connectivity index (χ0v) is 24.3. The highest BCUT2D eigenvalue weighted by Crippen LogP contribution is 2.43. The Balaban J connectivity index is 1.36. The van der Waals surface area contributed by atoms with Crippen LogP contribution in [0.4, 0.5) is 0 Å². The lowest BCUT2D eigenvalue weighted by Gasteiger charge is -2.51. The van der Waals surface area contributed by atoms with Crippen molar-refractivity contribution in [3.63, 3.8) is 0 Å². The van der Waals surface area contributed by atoms with E-state index in [2.05, 4.69) is 106 Å². The molecule has 0 aromatic heterocycles. The molecule has 2 aromatic rings. The molecule has 2 aliphatic heterocycles. The van der Waals surface area contributed by atoms with Gasteiger partial charge in [0.15, 0.2) is 6.29 Å². The van der Waals surface area contributed by atoms with Gasteiger partial charge in [0, 0.05) is 33.2 Å². The first kappa shape index (κ1) is 27.5. The summed E-state index contributed by atoms with van der Waals surface area (Å²) in [5, 5.41) is 2.52. The molecule has 3 aliphatic rings. The molecule has 0 bridgehead atoms. The molecular formula is C32H42O5Si. The Labute approximate surface area is 228 Å². The van der Waals surface area contributed by atoms with Crippen molar-refractivity contribution < 1.29 is 23.4 Å². The van der Waals surface area contributed by atoms with Crippen molar-refractivity contribution in [3.05, 3.63) is 85.0 Å². The lowest BCUT2D eigenvalue weighted by molar-refractivity contribution is -0.296. The van der Waals surface area contributed by atoms with Gasteiger partial charge in [-0.15, -0.1) is 0 Å². The van der Waals surface area contributed by atoms with E-state index in [4.69, 9.17) is 23.4 Å². The van der Waals surface area contributed by atoms with E-state index in [1.54, 1.807) is 14.2 Å². The maximum absolute atomic E-state index is 7.13. The average Bonchev–Trinajstić information content (AvgIpc) is 2.94. The minimum absolute atomic E-state index is 0.00825. The normalized spacial score (nSPS) is 31.0. The van der Waals surface area contributed by atoms with Crippen molar-refractivity contribution in [2.75, 3.05) is 20.8 Å². The van der Waals surface area contributed by atoms with Gasteiger partial charge in [-0.1, -0.05) is 106 Å². The van der Waals surface area contributed by atoms with E-state index in [0.717, 1.165) is 12.8 Å². The molecule has 1 aliphatic carbocycles. The fourth-order valence-corrected chi connectivity index (χ4v) is 11.3. The summed E-state index contributed by atoms with van der Waals surface area (Å²) in [5.41, 5.74) is 0. The summed E-state index contributed by atoms with van der Waals surface area (Å²) in [7, 11) is 0.917. The second kappa shape index (κ2) is 11.6. The number of methoxy groups -OCH3 is 2. The van der Waals surface area contributed by atoms with Crippen molar-refractivity contribution in [1.82, 2.24) is 0 Å². The van der Waals surface area contributed by atoms with Crippen LogP contribution in [0, 0.1) is 11.8 Å². The van der Waals surface area contributed by atoms with Crippen LogP contribution in [0.1, 0.15) is 33.6 Å². The van der Waals surface area contributed by atoms with E-state index in [1.807, 2.05) is 0 Å². The Morgan fingerprint density at radius 1 is 0.842 bits per heavy atom. The van der Waals surface area contributed by atoms with E-state index in [-0.39, 0.29) is 47.6 Å². The maximum Gasteiger partial charge on any atom is 0.261 e. The lowest BCUT2D eigenvalue weighted by atomic mass is 9.76. The smallest absolute Gasteiger partial charge is 0.261 e. The summed E-state index contributed by atoms with van der Waals surface area (Å²) in [4.78, 5) is 0. The van der Waals surface area contributed by atoms with Crippen LogP contribution in [0.3, 0.4) is 0 Å². The largest absolute Gasteiger partial charge is 0.407 e. The van der Waals surface area contributed by atoms with E-state index in [9.17, 15) is 0 Å². The second-order valence-electron chi connectivity index (χ2n) is 11.7. The van der Waals surface area contributed by atoms with Gasteiger partial charge < -0.3 is 23.4 Å².